The van der Waals surface area contributed by atoms with Crippen LogP contribution in [0.5, 0.6) is 0 Å². The van der Waals surface area contributed by atoms with Crippen LogP contribution in [0.4, 0.5) is 0 Å². The van der Waals surface area contributed by atoms with Crippen molar-refractivity contribution in [3.8, 4) is 0 Å². The number of carbonyl (C=O) groups excluding carboxylic acids is 1. The molecule has 18 heavy (non-hydrogen) atoms. The van der Waals surface area contributed by atoms with Crippen LogP contribution in [0.2, 0.25) is 0 Å². The molecule has 0 radical (unpaired) electrons. The molecular weight excluding hydrogens is 246 g/mol. The van der Waals surface area contributed by atoms with Crippen LogP contribution in [0, 0.1) is 6.92 Å². The molecule has 1 aromatic rings. The molecule has 0 spiro atoms. The molecule has 1 N–H and O–H groups in total. The van der Waals surface area contributed by atoms with E-state index in [2.05, 4.69) is 5.48 Å². The van der Waals surface area contributed by atoms with Crippen molar-refractivity contribution in [3.05, 3.63) is 29.3 Å². The molecule has 0 aliphatic heterocycles. The molecule has 1 aliphatic carbocycles. The van der Waals surface area contributed by atoms with E-state index in [1.54, 1.807) is 11.8 Å². The highest BCUT2D eigenvalue weighted by Crippen LogP contribution is 2.21. The number of carbonyl (C=O) groups is 1. The largest absolute Gasteiger partial charge is 0.275 e. The summed E-state index contributed by atoms with van der Waals surface area (Å²) >= 11 is 1.63. The number of hydrogen-bond donors (Lipinski definition) is 1. The molecule has 1 saturated carbocycles. The first-order valence-corrected chi connectivity index (χ1v) is 7.54. The maximum atomic E-state index is 12.0. The Kier molecular flexibility index (Phi) is 4.66. The van der Waals surface area contributed by atoms with Gasteiger partial charge in [0.2, 0.25) is 0 Å². The number of thioether (sulfide) groups is 1. The van der Waals surface area contributed by atoms with Crippen LogP contribution in [-0.2, 0) is 4.84 Å². The van der Waals surface area contributed by atoms with Crippen molar-refractivity contribution >= 4 is 17.7 Å². The van der Waals surface area contributed by atoms with Gasteiger partial charge in [0.15, 0.2) is 0 Å². The van der Waals surface area contributed by atoms with Crippen LogP contribution < -0.4 is 5.48 Å². The number of hydroxylamine groups is 1. The lowest BCUT2D eigenvalue weighted by atomic mass is 10.1. The summed E-state index contributed by atoms with van der Waals surface area (Å²) in [5.41, 5.74) is 4.25. The summed E-state index contributed by atoms with van der Waals surface area (Å²) < 4.78 is 0. The smallest absolute Gasteiger partial charge is 0.270 e. The van der Waals surface area contributed by atoms with Gasteiger partial charge in [0, 0.05) is 10.5 Å². The topological polar surface area (TPSA) is 38.3 Å². The van der Waals surface area contributed by atoms with E-state index in [1.165, 1.54) is 12.8 Å². The van der Waals surface area contributed by atoms with E-state index in [1.807, 2.05) is 31.4 Å². The standard InChI is InChI=1S/C14H19NO2S/c1-10-7-8-12(18-2)9-13(10)14(16)15-17-11-5-3-4-6-11/h7-9,11H,3-6H2,1-2H3,(H,15,16). The molecular formula is C14H19NO2S. The summed E-state index contributed by atoms with van der Waals surface area (Å²) in [6, 6.07) is 5.90. The minimum atomic E-state index is -0.143. The SMILES string of the molecule is CSc1ccc(C)c(C(=O)NOC2CCCC2)c1. The molecule has 98 valence electrons. The Hall–Kier alpha value is -1.00. The average molecular weight is 265 g/mol. The molecule has 0 bridgehead atoms. The zero-order valence-electron chi connectivity index (χ0n) is 10.9. The Morgan fingerprint density at radius 3 is 2.78 bits per heavy atom. The Morgan fingerprint density at radius 2 is 2.11 bits per heavy atom. The second kappa shape index (κ2) is 6.25. The molecule has 1 amide bonds. The number of amides is 1. The average Bonchev–Trinajstić information content (AvgIpc) is 2.89. The Labute approximate surface area is 112 Å². The van der Waals surface area contributed by atoms with Crippen molar-refractivity contribution in [2.75, 3.05) is 6.26 Å². The maximum absolute atomic E-state index is 12.0. The molecule has 0 atom stereocenters. The highest BCUT2D eigenvalue weighted by molar-refractivity contribution is 7.98. The van der Waals surface area contributed by atoms with Gasteiger partial charge in [0.1, 0.15) is 0 Å². The van der Waals surface area contributed by atoms with Crippen LogP contribution >= 0.6 is 11.8 Å². The number of hydrogen-bond acceptors (Lipinski definition) is 3. The molecule has 1 aromatic carbocycles. The molecule has 0 unspecified atom stereocenters. The summed E-state index contributed by atoms with van der Waals surface area (Å²) in [5.74, 6) is -0.143. The van der Waals surface area contributed by atoms with E-state index in [-0.39, 0.29) is 12.0 Å². The second-order valence-corrected chi connectivity index (χ2v) is 5.52. The quantitative estimate of drug-likeness (QED) is 0.670. The Morgan fingerprint density at radius 1 is 1.39 bits per heavy atom. The Bertz CT molecular complexity index is 428. The fourth-order valence-corrected chi connectivity index (χ4v) is 2.61. The number of rotatable bonds is 4. The second-order valence-electron chi connectivity index (χ2n) is 4.64. The fraction of sp³-hybridized carbons (Fsp3) is 0.500. The van der Waals surface area contributed by atoms with Crippen LogP contribution in [0.1, 0.15) is 41.6 Å². The first-order chi connectivity index (χ1) is 8.70. The van der Waals surface area contributed by atoms with Gasteiger partial charge in [-0.1, -0.05) is 18.9 Å². The van der Waals surface area contributed by atoms with Crippen molar-refractivity contribution in [1.29, 1.82) is 0 Å². The summed E-state index contributed by atoms with van der Waals surface area (Å²) in [6.07, 6.45) is 6.68. The van der Waals surface area contributed by atoms with Gasteiger partial charge in [-0.25, -0.2) is 5.48 Å². The predicted molar refractivity (Wildman–Crippen MR) is 73.8 cm³/mol. The molecule has 1 aliphatic rings. The number of benzene rings is 1. The van der Waals surface area contributed by atoms with Crippen LogP contribution in [0.25, 0.3) is 0 Å². The van der Waals surface area contributed by atoms with Gasteiger partial charge in [-0.15, -0.1) is 11.8 Å². The van der Waals surface area contributed by atoms with Gasteiger partial charge < -0.3 is 0 Å². The fourth-order valence-electron chi connectivity index (χ4n) is 2.17. The monoisotopic (exact) mass is 265 g/mol. The van der Waals surface area contributed by atoms with Gasteiger partial charge in [-0.05, 0) is 43.7 Å². The highest BCUT2D eigenvalue weighted by atomic mass is 32.2. The normalized spacial score (nSPS) is 15.9. The van der Waals surface area contributed by atoms with E-state index in [9.17, 15) is 4.79 Å². The molecule has 4 heteroatoms. The summed E-state index contributed by atoms with van der Waals surface area (Å²) in [7, 11) is 0. The summed E-state index contributed by atoms with van der Waals surface area (Å²) in [4.78, 5) is 18.6. The van der Waals surface area contributed by atoms with Crippen LogP contribution in [-0.4, -0.2) is 18.3 Å². The zero-order chi connectivity index (χ0) is 13.0. The first-order valence-electron chi connectivity index (χ1n) is 6.31. The number of nitrogens with one attached hydrogen (secondary N) is 1. The number of aryl methyl sites for hydroxylation is 1. The van der Waals surface area contributed by atoms with Gasteiger partial charge in [0.05, 0.1) is 6.10 Å². The lowest BCUT2D eigenvalue weighted by Crippen LogP contribution is -2.28. The summed E-state index contributed by atoms with van der Waals surface area (Å²) in [5, 5.41) is 0. The van der Waals surface area contributed by atoms with Crippen molar-refractivity contribution < 1.29 is 9.63 Å². The minimum absolute atomic E-state index is 0.143. The van der Waals surface area contributed by atoms with Crippen molar-refractivity contribution in [2.24, 2.45) is 0 Å². The van der Waals surface area contributed by atoms with Gasteiger partial charge in [-0.2, -0.15) is 0 Å². The van der Waals surface area contributed by atoms with Crippen LogP contribution in [0.15, 0.2) is 23.1 Å². The highest BCUT2D eigenvalue weighted by Gasteiger charge is 2.18. The lowest BCUT2D eigenvalue weighted by Gasteiger charge is -2.13. The first kappa shape index (κ1) is 13.4. The summed E-state index contributed by atoms with van der Waals surface area (Å²) in [6.45, 7) is 1.94. The van der Waals surface area contributed by atoms with Crippen LogP contribution in [0.3, 0.4) is 0 Å². The van der Waals surface area contributed by atoms with E-state index in [0.717, 1.165) is 23.3 Å². The van der Waals surface area contributed by atoms with Gasteiger partial charge >= 0.3 is 0 Å². The van der Waals surface area contributed by atoms with Gasteiger partial charge in [-0.3, -0.25) is 9.63 Å². The van der Waals surface area contributed by atoms with E-state index >= 15 is 0 Å². The maximum Gasteiger partial charge on any atom is 0.275 e. The van der Waals surface area contributed by atoms with E-state index < -0.39 is 0 Å². The van der Waals surface area contributed by atoms with Crippen molar-refractivity contribution in [3.63, 3.8) is 0 Å². The predicted octanol–water partition coefficient (Wildman–Crippen LogP) is 3.32. The third-order valence-corrected chi connectivity index (χ3v) is 4.04. The molecule has 1 fully saturated rings. The van der Waals surface area contributed by atoms with Crippen molar-refractivity contribution in [1.82, 2.24) is 5.48 Å². The molecule has 0 aromatic heterocycles. The molecule has 2 rings (SSSR count). The van der Waals surface area contributed by atoms with E-state index in [4.69, 9.17) is 4.84 Å². The molecule has 3 nitrogen and oxygen atoms in total. The minimum Gasteiger partial charge on any atom is -0.270 e. The van der Waals surface area contributed by atoms with E-state index in [0.29, 0.717) is 5.56 Å². The Balaban J connectivity index is 1.98. The lowest BCUT2D eigenvalue weighted by molar-refractivity contribution is -0.0125. The van der Waals surface area contributed by atoms with Crippen molar-refractivity contribution in [2.45, 2.75) is 43.6 Å². The molecule has 0 saturated heterocycles. The van der Waals surface area contributed by atoms with Gasteiger partial charge in [0.25, 0.3) is 5.91 Å². The molecule has 0 heterocycles. The zero-order valence-corrected chi connectivity index (χ0v) is 11.7. The third kappa shape index (κ3) is 3.27. The third-order valence-electron chi connectivity index (χ3n) is 3.31.